The number of aliphatic hydroxyl groups excluding tert-OH is 1. The average Bonchev–Trinajstić information content (AvgIpc) is 3.26. The summed E-state index contributed by atoms with van der Waals surface area (Å²) in [6, 6.07) is 0. The molecule has 1 fully saturated rings. The summed E-state index contributed by atoms with van der Waals surface area (Å²) in [6.45, 7) is 19.6. The van der Waals surface area contributed by atoms with E-state index in [-0.39, 0.29) is 11.1 Å². The summed E-state index contributed by atoms with van der Waals surface area (Å²) in [7, 11) is 0. The van der Waals surface area contributed by atoms with Gasteiger partial charge in [-0.05, 0) is 51.7 Å². The van der Waals surface area contributed by atoms with Crippen LogP contribution in [0.5, 0.6) is 0 Å². The molecule has 10 atom stereocenters. The molecule has 0 radical (unpaired) electrons. The Morgan fingerprint density at radius 3 is 2.00 bits per heavy atom. The molecule has 2 aliphatic rings. The third-order valence-electron chi connectivity index (χ3n) is 8.94. The number of fused-ring (bicyclic) bond motifs is 1. The van der Waals surface area contributed by atoms with Gasteiger partial charge in [-0.3, -0.25) is 19.6 Å². The maximum absolute atomic E-state index is 14.2. The number of hydrogen-bond donors (Lipinski definition) is 4. The highest BCUT2D eigenvalue weighted by Crippen LogP contribution is 2.49. The zero-order valence-electron chi connectivity index (χ0n) is 28.8. The highest BCUT2D eigenvalue weighted by molar-refractivity contribution is 5.97. The van der Waals surface area contributed by atoms with Gasteiger partial charge in [0.05, 0.1) is 11.5 Å². The van der Waals surface area contributed by atoms with E-state index >= 15 is 0 Å². The summed E-state index contributed by atoms with van der Waals surface area (Å²) >= 11 is 0. The molecule has 268 valence electrons. The van der Waals surface area contributed by atoms with Crippen LogP contribution >= 0.6 is 0 Å². The van der Waals surface area contributed by atoms with Gasteiger partial charge in [-0.2, -0.15) is 0 Å². The van der Waals surface area contributed by atoms with E-state index in [1.54, 1.807) is 6.92 Å². The Hall–Kier alpha value is -3.69. The van der Waals surface area contributed by atoms with Crippen LogP contribution in [0.15, 0.2) is 48.1 Å². The smallest absolute Gasteiger partial charge is 0.336 e. The number of hydrogen-bond acceptors (Lipinski definition) is 14. The Kier molecular flexibility index (Phi) is 12.9. The SMILES string of the molecule is C=C(C(=O)O[C@@H]1[C@@H]2[C@@H](OC(C)=O)C(=C)[C@H](O)[C@@H](OC(=O)/C(C)=C\C)[C@@H](OC(C)=O)C(C)(C)/C=C/[C@@](C)(O)C(=O)[C@@]2(O)C[C@@H]1C)[C@H](C)OO. The van der Waals surface area contributed by atoms with Crippen molar-refractivity contribution in [2.45, 2.75) is 117 Å². The second-order valence-corrected chi connectivity index (χ2v) is 13.3. The Bertz CT molecular complexity index is 1370. The van der Waals surface area contributed by atoms with Crippen LogP contribution in [0.25, 0.3) is 0 Å². The third kappa shape index (κ3) is 8.47. The van der Waals surface area contributed by atoms with Crippen molar-refractivity contribution in [1.82, 2.24) is 0 Å². The zero-order chi connectivity index (χ0) is 37.1. The first-order chi connectivity index (χ1) is 22.0. The first-order valence-corrected chi connectivity index (χ1v) is 15.4. The Labute approximate surface area is 279 Å². The number of allylic oxidation sites excluding steroid dienone is 1. The van der Waals surface area contributed by atoms with Gasteiger partial charge in [-0.1, -0.05) is 46.1 Å². The van der Waals surface area contributed by atoms with E-state index in [2.05, 4.69) is 18.0 Å². The van der Waals surface area contributed by atoms with Gasteiger partial charge >= 0.3 is 23.9 Å². The van der Waals surface area contributed by atoms with E-state index in [4.69, 9.17) is 24.2 Å². The molecule has 0 aromatic carbocycles. The lowest BCUT2D eigenvalue weighted by Gasteiger charge is -2.44. The van der Waals surface area contributed by atoms with Gasteiger partial charge in [0.2, 0.25) is 0 Å². The number of esters is 4. The number of aliphatic hydroxyl groups is 3. The Morgan fingerprint density at radius 2 is 1.50 bits per heavy atom. The molecule has 0 amide bonds. The predicted molar refractivity (Wildman–Crippen MR) is 169 cm³/mol. The van der Waals surface area contributed by atoms with Crippen LogP contribution in [-0.4, -0.2) is 98.1 Å². The van der Waals surface area contributed by atoms with Gasteiger partial charge in [0.25, 0.3) is 0 Å². The highest BCUT2D eigenvalue weighted by Gasteiger charge is 2.64. The highest BCUT2D eigenvalue weighted by atomic mass is 17.1. The summed E-state index contributed by atoms with van der Waals surface area (Å²) in [4.78, 5) is 69.6. The molecule has 0 bridgehead atoms. The van der Waals surface area contributed by atoms with Crippen LogP contribution in [0.1, 0.15) is 68.7 Å². The minimum Gasteiger partial charge on any atom is -0.458 e. The largest absolute Gasteiger partial charge is 0.458 e. The number of Topliss-reactive ketones (excluding diaryl/α,β-unsaturated/α-hetero) is 1. The topological polar surface area (TPSA) is 212 Å². The third-order valence-corrected chi connectivity index (χ3v) is 8.94. The number of ether oxygens (including phenoxy) is 4. The fourth-order valence-electron chi connectivity index (χ4n) is 6.02. The number of carbonyl (C=O) groups excluding carboxylic acids is 5. The molecule has 0 heterocycles. The van der Waals surface area contributed by atoms with Crippen LogP contribution in [0.2, 0.25) is 0 Å². The fraction of sp³-hybridized carbons (Fsp3) is 0.618. The summed E-state index contributed by atoms with van der Waals surface area (Å²) in [5.74, 6) is -7.53. The summed E-state index contributed by atoms with van der Waals surface area (Å²) in [5.41, 5.74) is -7.03. The molecular weight excluding hydrogens is 632 g/mol. The lowest BCUT2D eigenvalue weighted by Crippen LogP contribution is -2.60. The predicted octanol–water partition coefficient (Wildman–Crippen LogP) is 2.29. The summed E-state index contributed by atoms with van der Waals surface area (Å²) in [5, 5.41) is 44.8. The van der Waals surface area contributed by atoms with Gasteiger partial charge < -0.3 is 34.3 Å². The van der Waals surface area contributed by atoms with Gasteiger partial charge in [-0.15, -0.1) is 0 Å². The normalized spacial score (nSPS) is 35.2. The van der Waals surface area contributed by atoms with Crippen molar-refractivity contribution in [3.05, 3.63) is 48.1 Å². The molecular formula is C34H48O14. The van der Waals surface area contributed by atoms with E-state index < -0.39 is 107 Å². The van der Waals surface area contributed by atoms with Gasteiger partial charge in [-0.25, -0.2) is 14.5 Å². The second-order valence-electron chi connectivity index (χ2n) is 13.3. The van der Waals surface area contributed by atoms with Crippen LogP contribution in [0.3, 0.4) is 0 Å². The maximum atomic E-state index is 14.2. The lowest BCUT2D eigenvalue weighted by molar-refractivity contribution is -0.264. The molecule has 4 N–H and O–H groups in total. The first-order valence-electron chi connectivity index (χ1n) is 15.4. The summed E-state index contributed by atoms with van der Waals surface area (Å²) in [6.07, 6.45) is -6.33. The fourth-order valence-corrected chi connectivity index (χ4v) is 6.02. The van der Waals surface area contributed by atoms with E-state index in [0.717, 1.165) is 26.8 Å². The van der Waals surface area contributed by atoms with E-state index in [0.29, 0.717) is 0 Å². The van der Waals surface area contributed by atoms with Crippen LogP contribution in [0, 0.1) is 17.3 Å². The van der Waals surface area contributed by atoms with E-state index in [1.807, 2.05) is 0 Å². The molecule has 0 saturated heterocycles. The minimum atomic E-state index is -2.59. The number of ketones is 1. The van der Waals surface area contributed by atoms with Crippen molar-refractivity contribution >= 4 is 29.7 Å². The van der Waals surface area contributed by atoms with Crippen LogP contribution in [0.4, 0.5) is 0 Å². The molecule has 0 aromatic rings. The zero-order valence-corrected chi connectivity index (χ0v) is 28.8. The number of rotatable bonds is 8. The molecule has 0 unspecified atom stereocenters. The minimum absolute atomic E-state index is 0.131. The molecule has 14 heteroatoms. The quantitative estimate of drug-likeness (QED) is 0.0724. The van der Waals surface area contributed by atoms with Crippen LogP contribution < -0.4 is 0 Å². The lowest BCUT2D eigenvalue weighted by atomic mass is 9.71. The number of carbonyl (C=O) groups is 5. The molecule has 2 aliphatic carbocycles. The van der Waals surface area contributed by atoms with Crippen LogP contribution in [-0.2, 0) is 47.8 Å². The van der Waals surface area contributed by atoms with Crippen molar-refractivity contribution < 1.29 is 68.4 Å². The van der Waals surface area contributed by atoms with Crippen molar-refractivity contribution in [3.8, 4) is 0 Å². The molecule has 48 heavy (non-hydrogen) atoms. The monoisotopic (exact) mass is 680 g/mol. The standard InChI is InChI=1S/C34H48O14/c1-12-16(2)29(38)47-27-24(37)19(5)26(44-21(7)35)23-25(46-30(39)18(4)20(6)48-43)17(3)15-34(23,42)31(40)33(11,41)14-13-32(9,10)28(27)45-22(8)36/h12-14,17,20,23-28,37,41-43H,4-5,15H2,1-3,6-11H3/b14-13+,16-12-/t17-,20-,23+,24-,25-,26-,27+,28+,33+,34+/m0/s1. The Balaban J connectivity index is 2.99. The van der Waals surface area contributed by atoms with E-state index in [1.165, 1.54) is 46.8 Å². The first kappa shape index (κ1) is 40.5. The average molecular weight is 681 g/mol. The van der Waals surface area contributed by atoms with Crippen molar-refractivity contribution in [2.75, 3.05) is 0 Å². The van der Waals surface area contributed by atoms with Gasteiger partial charge in [0.15, 0.2) is 11.9 Å². The molecule has 0 aromatic heterocycles. The van der Waals surface area contributed by atoms with Crippen molar-refractivity contribution in [2.24, 2.45) is 17.3 Å². The molecule has 14 nitrogen and oxygen atoms in total. The Morgan fingerprint density at radius 1 is 0.958 bits per heavy atom. The molecule has 1 saturated carbocycles. The van der Waals surface area contributed by atoms with Gasteiger partial charge in [0, 0.05) is 24.8 Å². The molecule has 0 aliphatic heterocycles. The second kappa shape index (κ2) is 15.2. The molecule has 0 spiro atoms. The maximum Gasteiger partial charge on any atom is 0.336 e. The molecule has 2 rings (SSSR count). The van der Waals surface area contributed by atoms with Crippen molar-refractivity contribution in [1.29, 1.82) is 0 Å². The summed E-state index contributed by atoms with van der Waals surface area (Å²) < 4.78 is 22.6. The van der Waals surface area contributed by atoms with Gasteiger partial charge in [0.1, 0.15) is 41.7 Å². The van der Waals surface area contributed by atoms with E-state index in [9.17, 15) is 39.3 Å². The van der Waals surface area contributed by atoms with Crippen molar-refractivity contribution in [3.63, 3.8) is 0 Å².